The molecule has 1 heterocycles. The molecule has 10 heavy (non-hydrogen) atoms. The van der Waals surface area contributed by atoms with Gasteiger partial charge in [0.1, 0.15) is 0 Å². The Bertz CT molecular complexity index is 209. The van der Waals surface area contributed by atoms with E-state index in [4.69, 9.17) is 5.73 Å². The summed E-state index contributed by atoms with van der Waals surface area (Å²) < 4.78 is 2.75. The average molecular weight is 204 g/mol. The van der Waals surface area contributed by atoms with Gasteiger partial charge >= 0.3 is 0 Å². The van der Waals surface area contributed by atoms with Crippen LogP contribution in [0.1, 0.15) is 18.7 Å². The molecular weight excluding hydrogens is 194 g/mol. The molecule has 0 aromatic carbocycles. The molecule has 56 valence electrons. The highest BCUT2D eigenvalue weighted by Gasteiger charge is 2.08. The number of aryl methyl sites for hydroxylation is 1. The molecule has 0 spiro atoms. The Kier molecular flexibility index (Phi) is 2.11. The maximum absolute atomic E-state index is 5.67. The Morgan fingerprint density at radius 1 is 1.80 bits per heavy atom. The molecule has 0 bridgehead atoms. The maximum Gasteiger partial charge on any atom is 0.0687 e. The van der Waals surface area contributed by atoms with Gasteiger partial charge in [0.2, 0.25) is 0 Å². The summed E-state index contributed by atoms with van der Waals surface area (Å²) >= 11 is 3.35. The first-order valence-corrected chi connectivity index (χ1v) is 3.85. The molecule has 0 amide bonds. The van der Waals surface area contributed by atoms with Gasteiger partial charge in [0.25, 0.3) is 0 Å². The van der Waals surface area contributed by atoms with Crippen LogP contribution >= 0.6 is 15.9 Å². The van der Waals surface area contributed by atoms with Crippen molar-refractivity contribution >= 4 is 15.9 Å². The molecule has 0 fully saturated rings. The fourth-order valence-electron chi connectivity index (χ4n) is 0.932. The van der Waals surface area contributed by atoms with E-state index in [0.717, 1.165) is 10.2 Å². The highest BCUT2D eigenvalue weighted by molar-refractivity contribution is 9.10. The molecule has 1 aromatic rings. The second-order valence-corrected chi connectivity index (χ2v) is 3.14. The predicted molar refractivity (Wildman–Crippen MR) is 43.5 cm³/mol. The predicted octanol–water partition coefficient (Wildman–Crippen LogP) is 1.20. The lowest BCUT2D eigenvalue weighted by Crippen LogP contribution is -2.10. The van der Waals surface area contributed by atoms with Crippen LogP contribution in [0, 0.1) is 0 Å². The van der Waals surface area contributed by atoms with E-state index < -0.39 is 0 Å². The van der Waals surface area contributed by atoms with E-state index >= 15 is 0 Å². The summed E-state index contributed by atoms with van der Waals surface area (Å²) in [5, 5.41) is 4.03. The van der Waals surface area contributed by atoms with Crippen LogP contribution in [0.5, 0.6) is 0 Å². The molecule has 4 heteroatoms. The van der Waals surface area contributed by atoms with E-state index in [0.29, 0.717) is 0 Å². The van der Waals surface area contributed by atoms with Gasteiger partial charge in [0.15, 0.2) is 0 Å². The molecule has 0 saturated carbocycles. The number of nitrogens with two attached hydrogens (primary N) is 1. The van der Waals surface area contributed by atoms with Crippen molar-refractivity contribution in [2.24, 2.45) is 12.8 Å². The average Bonchev–Trinajstić information content (AvgIpc) is 2.11. The van der Waals surface area contributed by atoms with Crippen LogP contribution in [0.3, 0.4) is 0 Å². The van der Waals surface area contributed by atoms with Crippen LogP contribution in [-0.4, -0.2) is 9.78 Å². The van der Waals surface area contributed by atoms with Gasteiger partial charge in [-0.15, -0.1) is 0 Å². The molecule has 0 aliphatic heterocycles. The van der Waals surface area contributed by atoms with Crippen molar-refractivity contribution in [2.75, 3.05) is 0 Å². The van der Waals surface area contributed by atoms with Crippen LogP contribution in [0.4, 0.5) is 0 Å². The lowest BCUT2D eigenvalue weighted by atomic mass is 10.2. The minimum atomic E-state index is 0.0295. The number of aromatic nitrogens is 2. The summed E-state index contributed by atoms with van der Waals surface area (Å²) in [6.07, 6.45) is 1.75. The Morgan fingerprint density at radius 3 is 2.60 bits per heavy atom. The van der Waals surface area contributed by atoms with Crippen LogP contribution < -0.4 is 5.73 Å². The third-order valence-electron chi connectivity index (χ3n) is 1.37. The molecule has 0 radical (unpaired) electrons. The number of hydrogen-bond acceptors (Lipinski definition) is 2. The van der Waals surface area contributed by atoms with Crippen molar-refractivity contribution in [1.29, 1.82) is 0 Å². The minimum absolute atomic E-state index is 0.0295. The molecular formula is C6H10BrN3. The lowest BCUT2D eigenvalue weighted by Gasteiger charge is -2.05. The molecule has 1 aromatic heterocycles. The highest BCUT2D eigenvalue weighted by atomic mass is 79.9. The van der Waals surface area contributed by atoms with Gasteiger partial charge in [0.05, 0.1) is 16.4 Å². The van der Waals surface area contributed by atoms with Gasteiger partial charge in [-0.3, -0.25) is 4.68 Å². The number of nitrogens with zero attached hydrogens (tertiary/aromatic N) is 2. The van der Waals surface area contributed by atoms with Gasteiger partial charge in [-0.1, -0.05) is 0 Å². The van der Waals surface area contributed by atoms with Gasteiger partial charge in [-0.2, -0.15) is 5.10 Å². The number of rotatable bonds is 1. The largest absolute Gasteiger partial charge is 0.323 e. The van der Waals surface area contributed by atoms with E-state index in [1.54, 1.807) is 10.9 Å². The zero-order valence-electron chi connectivity index (χ0n) is 6.00. The smallest absolute Gasteiger partial charge is 0.0687 e. The maximum atomic E-state index is 5.67. The number of hydrogen-bond donors (Lipinski definition) is 1. The quantitative estimate of drug-likeness (QED) is 0.746. The zero-order chi connectivity index (χ0) is 7.72. The lowest BCUT2D eigenvalue weighted by molar-refractivity contribution is 0.652. The fraction of sp³-hybridized carbons (Fsp3) is 0.500. The van der Waals surface area contributed by atoms with Gasteiger partial charge < -0.3 is 5.73 Å². The molecule has 0 saturated heterocycles. The first-order chi connectivity index (χ1) is 4.63. The normalized spacial score (nSPS) is 13.6. The van der Waals surface area contributed by atoms with Crippen molar-refractivity contribution < 1.29 is 0 Å². The van der Waals surface area contributed by atoms with Crippen molar-refractivity contribution in [3.05, 3.63) is 16.4 Å². The van der Waals surface area contributed by atoms with Crippen LogP contribution in [0.25, 0.3) is 0 Å². The third kappa shape index (κ3) is 1.22. The van der Waals surface area contributed by atoms with Gasteiger partial charge in [-0.25, -0.2) is 0 Å². The van der Waals surface area contributed by atoms with E-state index in [9.17, 15) is 0 Å². The first kappa shape index (κ1) is 7.75. The second kappa shape index (κ2) is 2.72. The monoisotopic (exact) mass is 203 g/mol. The fourth-order valence-corrected chi connectivity index (χ4v) is 1.64. The first-order valence-electron chi connectivity index (χ1n) is 3.06. The second-order valence-electron chi connectivity index (χ2n) is 2.29. The van der Waals surface area contributed by atoms with E-state index in [1.165, 1.54) is 0 Å². The summed E-state index contributed by atoms with van der Waals surface area (Å²) in [5.41, 5.74) is 6.70. The highest BCUT2D eigenvalue weighted by Crippen LogP contribution is 2.19. The summed E-state index contributed by atoms with van der Waals surface area (Å²) in [7, 11) is 1.88. The van der Waals surface area contributed by atoms with E-state index in [2.05, 4.69) is 21.0 Å². The molecule has 2 N–H and O–H groups in total. The number of halogens is 1. The van der Waals surface area contributed by atoms with Crippen molar-refractivity contribution in [1.82, 2.24) is 9.78 Å². The van der Waals surface area contributed by atoms with Crippen LogP contribution in [-0.2, 0) is 7.05 Å². The Morgan fingerprint density at radius 2 is 2.40 bits per heavy atom. The van der Waals surface area contributed by atoms with Crippen molar-refractivity contribution in [3.8, 4) is 0 Å². The Balaban J connectivity index is 3.10. The molecule has 1 atom stereocenters. The van der Waals surface area contributed by atoms with Crippen LogP contribution in [0.15, 0.2) is 10.7 Å². The standard InChI is InChI=1S/C6H10BrN3/c1-4(8)6-5(7)3-9-10(6)2/h3-4H,8H2,1-2H3. The topological polar surface area (TPSA) is 43.8 Å². The van der Waals surface area contributed by atoms with Crippen LogP contribution in [0.2, 0.25) is 0 Å². The Labute approximate surface area is 68.3 Å². The Hall–Kier alpha value is -0.350. The molecule has 0 aliphatic carbocycles. The summed E-state index contributed by atoms with van der Waals surface area (Å²) in [6.45, 7) is 1.93. The summed E-state index contributed by atoms with van der Waals surface area (Å²) in [4.78, 5) is 0. The summed E-state index contributed by atoms with van der Waals surface area (Å²) in [5.74, 6) is 0. The summed E-state index contributed by atoms with van der Waals surface area (Å²) in [6, 6.07) is 0.0295. The third-order valence-corrected chi connectivity index (χ3v) is 1.98. The molecule has 1 rings (SSSR count). The minimum Gasteiger partial charge on any atom is -0.323 e. The van der Waals surface area contributed by atoms with Crippen molar-refractivity contribution in [3.63, 3.8) is 0 Å². The van der Waals surface area contributed by atoms with Gasteiger partial charge in [0, 0.05) is 13.1 Å². The van der Waals surface area contributed by atoms with Crippen molar-refractivity contribution in [2.45, 2.75) is 13.0 Å². The molecule has 1 unspecified atom stereocenters. The van der Waals surface area contributed by atoms with E-state index in [1.807, 2.05) is 14.0 Å². The van der Waals surface area contributed by atoms with Gasteiger partial charge in [-0.05, 0) is 22.9 Å². The molecule has 3 nitrogen and oxygen atoms in total. The zero-order valence-corrected chi connectivity index (χ0v) is 7.59. The SMILES string of the molecule is CC(N)c1c(Br)cnn1C. The van der Waals surface area contributed by atoms with E-state index in [-0.39, 0.29) is 6.04 Å². The molecule has 0 aliphatic rings.